The molecule has 28 heavy (non-hydrogen) atoms. The van der Waals surface area contributed by atoms with Crippen molar-refractivity contribution in [3.05, 3.63) is 59.7 Å². The summed E-state index contributed by atoms with van der Waals surface area (Å²) in [6.45, 7) is 5.45. The summed E-state index contributed by atoms with van der Waals surface area (Å²) in [5, 5.41) is 11.7. The molecule has 2 aromatic rings. The van der Waals surface area contributed by atoms with Gasteiger partial charge in [-0.3, -0.25) is 0 Å². The highest BCUT2D eigenvalue weighted by molar-refractivity contribution is 5.81. The Kier molecular flexibility index (Phi) is 5.70. The fourth-order valence-corrected chi connectivity index (χ4v) is 3.29. The van der Waals surface area contributed by atoms with Crippen LogP contribution in [0.3, 0.4) is 0 Å². The van der Waals surface area contributed by atoms with Crippen LogP contribution in [0.25, 0.3) is 11.1 Å². The lowest BCUT2D eigenvalue weighted by Gasteiger charge is -2.23. The number of benzene rings is 2. The molecule has 0 aromatic heterocycles. The average Bonchev–Trinajstić information content (AvgIpc) is 2.96. The number of carboxylic acids is 1. The van der Waals surface area contributed by atoms with Crippen LogP contribution in [-0.4, -0.2) is 42.0 Å². The van der Waals surface area contributed by atoms with Crippen LogP contribution >= 0.6 is 0 Å². The Morgan fingerprint density at radius 3 is 2.07 bits per heavy atom. The number of nitrogens with one attached hydrogen (secondary N) is 1. The molecule has 6 nitrogen and oxygen atoms in total. The van der Waals surface area contributed by atoms with Crippen molar-refractivity contribution in [1.82, 2.24) is 5.32 Å². The fourth-order valence-electron chi connectivity index (χ4n) is 3.29. The van der Waals surface area contributed by atoms with E-state index >= 15 is 0 Å². The third kappa shape index (κ3) is 4.51. The maximum Gasteiger partial charge on any atom is 0.407 e. The lowest BCUT2D eigenvalue weighted by Crippen LogP contribution is -2.45. The number of carbonyl (C=O) groups is 2. The topological polar surface area (TPSA) is 84.9 Å². The molecule has 0 radical (unpaired) electrons. The van der Waals surface area contributed by atoms with Crippen molar-refractivity contribution in [2.75, 3.05) is 13.2 Å². The zero-order valence-electron chi connectivity index (χ0n) is 16.3. The summed E-state index contributed by atoms with van der Waals surface area (Å²) >= 11 is 0. The van der Waals surface area contributed by atoms with E-state index in [2.05, 4.69) is 17.4 Å². The minimum atomic E-state index is -1.17. The minimum absolute atomic E-state index is 0.0766. The van der Waals surface area contributed by atoms with E-state index in [1.807, 2.05) is 57.2 Å². The van der Waals surface area contributed by atoms with Crippen LogP contribution in [0.2, 0.25) is 0 Å². The molecule has 148 valence electrons. The van der Waals surface area contributed by atoms with Gasteiger partial charge in [-0.1, -0.05) is 48.5 Å². The van der Waals surface area contributed by atoms with Crippen LogP contribution in [0, 0.1) is 0 Å². The first-order chi connectivity index (χ1) is 13.3. The van der Waals surface area contributed by atoms with Crippen molar-refractivity contribution in [1.29, 1.82) is 0 Å². The molecule has 1 aliphatic carbocycles. The van der Waals surface area contributed by atoms with Gasteiger partial charge in [-0.05, 0) is 43.0 Å². The summed E-state index contributed by atoms with van der Waals surface area (Å²) in [7, 11) is 0. The predicted molar refractivity (Wildman–Crippen MR) is 105 cm³/mol. The molecule has 1 aliphatic rings. The second kappa shape index (κ2) is 8.02. The van der Waals surface area contributed by atoms with Crippen molar-refractivity contribution in [2.24, 2.45) is 0 Å². The molecule has 0 unspecified atom stereocenters. The van der Waals surface area contributed by atoms with Crippen molar-refractivity contribution in [2.45, 2.75) is 38.3 Å². The molecule has 0 spiro atoms. The Morgan fingerprint density at radius 2 is 1.57 bits per heavy atom. The van der Waals surface area contributed by atoms with E-state index in [0.717, 1.165) is 22.3 Å². The van der Waals surface area contributed by atoms with Gasteiger partial charge in [-0.15, -0.1) is 0 Å². The SMILES string of the molecule is CC(C)(C)OC[C@H]([15NH]C(=O)OCC1c2ccccc2-c2ccccc21)C(=O)O. The van der Waals surface area contributed by atoms with Crippen LogP contribution < -0.4 is 5.32 Å². The van der Waals surface area contributed by atoms with Crippen LogP contribution in [0.1, 0.15) is 37.8 Å². The molecule has 0 fully saturated rings. The largest absolute Gasteiger partial charge is 0.480 e. The molecule has 2 aromatic carbocycles. The van der Waals surface area contributed by atoms with Gasteiger partial charge in [-0.25, -0.2) is 9.59 Å². The summed E-state index contributed by atoms with van der Waals surface area (Å²) in [5.41, 5.74) is 3.96. The second-order valence-electron chi connectivity index (χ2n) is 7.78. The molecule has 0 saturated carbocycles. The molecule has 2 N–H and O–H groups in total. The number of hydrogen-bond acceptors (Lipinski definition) is 4. The first-order valence-electron chi connectivity index (χ1n) is 9.24. The van der Waals surface area contributed by atoms with Gasteiger partial charge in [0.2, 0.25) is 0 Å². The van der Waals surface area contributed by atoms with E-state index in [9.17, 15) is 14.7 Å². The number of hydrogen-bond donors (Lipinski definition) is 2. The molecule has 6 heteroatoms. The summed E-state index contributed by atoms with van der Waals surface area (Å²) < 4.78 is 10.9. The maximum atomic E-state index is 12.2. The summed E-state index contributed by atoms with van der Waals surface area (Å²) in [4.78, 5) is 23.6. The zero-order chi connectivity index (χ0) is 20.3. The number of ether oxygens (including phenoxy) is 2. The molecule has 0 bridgehead atoms. The third-order valence-corrected chi connectivity index (χ3v) is 4.62. The Morgan fingerprint density at radius 1 is 1.04 bits per heavy atom. The smallest absolute Gasteiger partial charge is 0.407 e. The third-order valence-electron chi connectivity index (χ3n) is 4.62. The van der Waals surface area contributed by atoms with E-state index in [1.54, 1.807) is 0 Å². The van der Waals surface area contributed by atoms with E-state index in [0.29, 0.717) is 0 Å². The maximum absolute atomic E-state index is 12.2. The van der Waals surface area contributed by atoms with E-state index < -0.39 is 23.7 Å². The van der Waals surface area contributed by atoms with Gasteiger partial charge < -0.3 is 19.9 Å². The number of rotatable bonds is 6. The molecule has 0 heterocycles. The van der Waals surface area contributed by atoms with Crippen molar-refractivity contribution in [3.63, 3.8) is 0 Å². The quantitative estimate of drug-likeness (QED) is 0.740. The molecular formula is C22H25NO5. The Hall–Kier alpha value is -2.86. The average molecular weight is 384 g/mol. The van der Waals surface area contributed by atoms with Crippen LogP contribution in [0.4, 0.5) is 4.79 Å². The van der Waals surface area contributed by atoms with Crippen molar-refractivity contribution < 1.29 is 24.2 Å². The van der Waals surface area contributed by atoms with E-state index in [4.69, 9.17) is 9.47 Å². The highest BCUT2D eigenvalue weighted by Gasteiger charge is 2.30. The van der Waals surface area contributed by atoms with Gasteiger partial charge in [0.1, 0.15) is 6.61 Å². The van der Waals surface area contributed by atoms with Gasteiger partial charge >= 0.3 is 12.1 Å². The second-order valence-corrected chi connectivity index (χ2v) is 7.78. The van der Waals surface area contributed by atoms with Gasteiger partial charge in [0.15, 0.2) is 6.04 Å². The molecule has 3 rings (SSSR count). The number of fused-ring (bicyclic) bond motifs is 3. The van der Waals surface area contributed by atoms with Crippen LogP contribution in [0.5, 0.6) is 0 Å². The van der Waals surface area contributed by atoms with Gasteiger partial charge in [-0.2, -0.15) is 0 Å². The summed E-state index contributed by atoms with van der Waals surface area (Å²) in [5.74, 6) is -1.25. The number of carboxylic acid groups (broad SMARTS) is 1. The predicted octanol–water partition coefficient (Wildman–Crippen LogP) is 3.79. The number of carbonyl (C=O) groups excluding carboxylic acids is 1. The summed E-state index contributed by atoms with van der Waals surface area (Å²) in [6.07, 6.45) is -0.772. The Balaban J connectivity index is 1.65. The van der Waals surface area contributed by atoms with Crippen molar-refractivity contribution >= 4 is 12.1 Å². The van der Waals surface area contributed by atoms with Gasteiger partial charge in [0.05, 0.1) is 12.2 Å². The lowest BCUT2D eigenvalue weighted by molar-refractivity contribution is -0.142. The van der Waals surface area contributed by atoms with E-state index in [1.165, 1.54) is 0 Å². The standard InChI is InChI=1S/C22H25NO5/c1-22(2,3)28-13-19(20(24)25)23-21(26)27-12-18-16-10-6-4-8-14(16)15-9-5-7-11-17(15)18/h4-11,18-19H,12-13H2,1-3H3,(H,23,26)(H,24,25)/t19-/m0/s1/i23+1. The lowest BCUT2D eigenvalue weighted by atomic mass is 9.98. The first kappa shape index (κ1) is 19.9. The van der Waals surface area contributed by atoms with E-state index in [-0.39, 0.29) is 19.1 Å². The molecule has 1 amide bonds. The summed E-state index contributed by atoms with van der Waals surface area (Å²) in [6, 6.07) is 14.9. The number of aliphatic carboxylic acids is 1. The van der Waals surface area contributed by atoms with Gasteiger partial charge in [0, 0.05) is 5.92 Å². The van der Waals surface area contributed by atoms with Gasteiger partial charge in [0.25, 0.3) is 0 Å². The monoisotopic (exact) mass is 384 g/mol. The van der Waals surface area contributed by atoms with Crippen LogP contribution in [0.15, 0.2) is 48.5 Å². The fraction of sp³-hybridized carbons (Fsp3) is 0.364. The van der Waals surface area contributed by atoms with Crippen LogP contribution in [-0.2, 0) is 14.3 Å². The first-order valence-corrected chi connectivity index (χ1v) is 9.24. The minimum Gasteiger partial charge on any atom is -0.480 e. The molecule has 0 aliphatic heterocycles. The zero-order valence-corrected chi connectivity index (χ0v) is 16.3. The molecular weight excluding hydrogens is 359 g/mol. The highest BCUT2D eigenvalue weighted by atomic mass is 16.6. The molecule has 0 saturated heterocycles. The number of alkyl carbamates (subject to hydrolysis) is 1. The normalized spacial score (nSPS) is 14.1. The Bertz CT molecular complexity index is 826. The Labute approximate surface area is 164 Å². The highest BCUT2D eigenvalue weighted by Crippen LogP contribution is 2.44. The van der Waals surface area contributed by atoms with Crippen molar-refractivity contribution in [3.8, 4) is 11.1 Å². The number of amides is 1. The molecule has 1 atom stereocenters.